The van der Waals surface area contributed by atoms with Crippen LogP contribution in [0.3, 0.4) is 0 Å². The standard InChI is InChI=1S/C16H25N3O5S/c1-5-6-7-15(20)18-13-10-12(8-9-14(13)24-3)17-16(21)11(2)19-25(4,22)23/h8-11,19H,5-7H2,1-4H3,(H,17,21)(H,18,20)/t11-/m0/s1. The first kappa shape index (κ1) is 20.9. The van der Waals surface area contributed by atoms with E-state index >= 15 is 0 Å². The molecule has 0 aliphatic carbocycles. The van der Waals surface area contributed by atoms with E-state index in [1.54, 1.807) is 18.2 Å². The predicted octanol–water partition coefficient (Wildman–Crippen LogP) is 1.70. The van der Waals surface area contributed by atoms with Crippen molar-refractivity contribution in [2.75, 3.05) is 24.0 Å². The van der Waals surface area contributed by atoms with Gasteiger partial charge in [0.25, 0.3) is 0 Å². The summed E-state index contributed by atoms with van der Waals surface area (Å²) >= 11 is 0. The number of carbonyl (C=O) groups is 2. The van der Waals surface area contributed by atoms with Crippen LogP contribution in [0.25, 0.3) is 0 Å². The minimum atomic E-state index is -3.49. The number of ether oxygens (including phenoxy) is 1. The van der Waals surface area contributed by atoms with Crippen molar-refractivity contribution in [1.29, 1.82) is 0 Å². The van der Waals surface area contributed by atoms with Gasteiger partial charge in [0.1, 0.15) is 5.75 Å². The van der Waals surface area contributed by atoms with E-state index in [1.807, 2.05) is 6.92 Å². The summed E-state index contributed by atoms with van der Waals surface area (Å²) in [6, 6.07) is 3.85. The number of amides is 2. The molecule has 0 bridgehead atoms. The van der Waals surface area contributed by atoms with E-state index in [2.05, 4.69) is 15.4 Å². The highest BCUT2D eigenvalue weighted by Crippen LogP contribution is 2.28. The summed E-state index contributed by atoms with van der Waals surface area (Å²) in [5.41, 5.74) is 0.851. The maximum atomic E-state index is 12.1. The molecule has 0 saturated carbocycles. The Bertz CT molecular complexity index is 718. The zero-order chi connectivity index (χ0) is 19.0. The molecule has 25 heavy (non-hydrogen) atoms. The second kappa shape index (κ2) is 9.38. The average Bonchev–Trinajstić information content (AvgIpc) is 2.51. The van der Waals surface area contributed by atoms with E-state index in [9.17, 15) is 18.0 Å². The molecule has 3 N–H and O–H groups in total. The van der Waals surface area contributed by atoms with Crippen molar-refractivity contribution in [3.8, 4) is 5.75 Å². The Morgan fingerprint density at radius 1 is 1.24 bits per heavy atom. The van der Waals surface area contributed by atoms with Crippen LogP contribution in [-0.4, -0.2) is 39.6 Å². The molecule has 0 aliphatic rings. The minimum Gasteiger partial charge on any atom is -0.495 e. The van der Waals surface area contributed by atoms with Gasteiger partial charge < -0.3 is 15.4 Å². The summed E-state index contributed by atoms with van der Waals surface area (Å²) in [5, 5.41) is 5.35. The lowest BCUT2D eigenvalue weighted by molar-refractivity contribution is -0.117. The van der Waals surface area contributed by atoms with E-state index in [4.69, 9.17) is 4.74 Å². The van der Waals surface area contributed by atoms with Crippen molar-refractivity contribution in [1.82, 2.24) is 4.72 Å². The van der Waals surface area contributed by atoms with Crippen LogP contribution >= 0.6 is 0 Å². The molecular weight excluding hydrogens is 346 g/mol. The molecule has 1 atom stereocenters. The van der Waals surface area contributed by atoms with Crippen LogP contribution in [0, 0.1) is 0 Å². The summed E-state index contributed by atoms with van der Waals surface area (Å²) in [6.45, 7) is 3.43. The van der Waals surface area contributed by atoms with Crippen molar-refractivity contribution in [2.45, 2.75) is 39.2 Å². The van der Waals surface area contributed by atoms with E-state index in [0.717, 1.165) is 19.1 Å². The Labute approximate surface area is 148 Å². The first-order valence-corrected chi connectivity index (χ1v) is 9.81. The van der Waals surface area contributed by atoms with Gasteiger partial charge in [0.15, 0.2) is 0 Å². The van der Waals surface area contributed by atoms with Crippen LogP contribution < -0.4 is 20.1 Å². The highest BCUT2D eigenvalue weighted by molar-refractivity contribution is 7.88. The van der Waals surface area contributed by atoms with Crippen LogP contribution in [0.1, 0.15) is 33.1 Å². The molecule has 0 aliphatic heterocycles. The summed E-state index contributed by atoms with van der Waals surface area (Å²) in [5.74, 6) is -0.195. The molecular formula is C16H25N3O5S. The van der Waals surface area contributed by atoms with Crippen LogP contribution in [0.15, 0.2) is 18.2 Å². The second-order valence-electron chi connectivity index (χ2n) is 5.67. The number of hydrogen-bond acceptors (Lipinski definition) is 5. The van der Waals surface area contributed by atoms with E-state index in [0.29, 0.717) is 23.5 Å². The van der Waals surface area contributed by atoms with Crippen molar-refractivity contribution >= 4 is 33.2 Å². The number of anilines is 2. The third kappa shape index (κ3) is 7.53. The lowest BCUT2D eigenvalue weighted by atomic mass is 10.2. The molecule has 9 heteroatoms. The third-order valence-electron chi connectivity index (χ3n) is 3.28. The van der Waals surface area contributed by atoms with Crippen molar-refractivity contribution < 1.29 is 22.7 Å². The fraction of sp³-hybridized carbons (Fsp3) is 0.500. The number of methoxy groups -OCH3 is 1. The second-order valence-corrected chi connectivity index (χ2v) is 7.45. The molecule has 0 aromatic heterocycles. The fourth-order valence-corrected chi connectivity index (χ4v) is 2.81. The number of nitrogens with one attached hydrogen (secondary N) is 3. The molecule has 1 aromatic rings. The van der Waals surface area contributed by atoms with Crippen LogP contribution in [0.5, 0.6) is 5.75 Å². The smallest absolute Gasteiger partial charge is 0.242 e. The lowest BCUT2D eigenvalue weighted by Crippen LogP contribution is -2.41. The number of carbonyl (C=O) groups excluding carboxylic acids is 2. The minimum absolute atomic E-state index is 0.143. The third-order valence-corrected chi connectivity index (χ3v) is 4.06. The molecule has 1 rings (SSSR count). The molecule has 0 fully saturated rings. The SMILES string of the molecule is CCCCC(=O)Nc1cc(NC(=O)[C@H](C)NS(C)(=O)=O)ccc1OC. The first-order chi connectivity index (χ1) is 11.7. The Balaban J connectivity index is 2.86. The molecule has 140 valence electrons. The van der Waals surface area contributed by atoms with Gasteiger partial charge in [0.05, 0.1) is 25.1 Å². The Morgan fingerprint density at radius 2 is 1.92 bits per heavy atom. The summed E-state index contributed by atoms with van der Waals surface area (Å²) < 4.78 is 29.8. The van der Waals surface area contributed by atoms with Gasteiger partial charge in [-0.05, 0) is 31.5 Å². The Morgan fingerprint density at radius 3 is 2.48 bits per heavy atom. The molecule has 0 heterocycles. The molecule has 8 nitrogen and oxygen atoms in total. The molecule has 0 spiro atoms. The summed E-state index contributed by atoms with van der Waals surface area (Å²) in [4.78, 5) is 24.0. The fourth-order valence-electron chi connectivity index (χ4n) is 2.06. The van der Waals surface area contributed by atoms with Gasteiger partial charge in [0, 0.05) is 12.1 Å². The lowest BCUT2D eigenvalue weighted by Gasteiger charge is -2.15. The molecule has 1 aromatic carbocycles. The topological polar surface area (TPSA) is 114 Å². The van der Waals surface area contributed by atoms with Gasteiger partial charge in [-0.25, -0.2) is 13.1 Å². The van der Waals surface area contributed by atoms with Gasteiger partial charge in [-0.2, -0.15) is 0 Å². The normalized spacial score (nSPS) is 12.3. The number of rotatable bonds is 9. The molecule has 0 unspecified atom stereocenters. The Kier molecular flexibility index (Phi) is 7.85. The zero-order valence-corrected chi connectivity index (χ0v) is 15.7. The molecule has 2 amide bonds. The molecule has 0 saturated heterocycles. The maximum Gasteiger partial charge on any atom is 0.242 e. The monoisotopic (exact) mass is 371 g/mol. The number of sulfonamides is 1. The van der Waals surface area contributed by atoms with Gasteiger partial charge in [0.2, 0.25) is 21.8 Å². The highest BCUT2D eigenvalue weighted by Gasteiger charge is 2.17. The first-order valence-electron chi connectivity index (χ1n) is 7.92. The summed E-state index contributed by atoms with van der Waals surface area (Å²) in [7, 11) is -2.01. The number of unbranched alkanes of at least 4 members (excludes halogenated alkanes) is 1. The quantitative estimate of drug-likeness (QED) is 0.611. The van der Waals surface area contributed by atoms with Crippen molar-refractivity contribution in [3.05, 3.63) is 18.2 Å². The van der Waals surface area contributed by atoms with Gasteiger partial charge in [-0.1, -0.05) is 13.3 Å². The molecule has 0 radical (unpaired) electrons. The van der Waals surface area contributed by atoms with E-state index < -0.39 is 22.0 Å². The summed E-state index contributed by atoms with van der Waals surface area (Å²) in [6.07, 6.45) is 3.06. The van der Waals surface area contributed by atoms with Gasteiger partial charge >= 0.3 is 0 Å². The number of benzene rings is 1. The van der Waals surface area contributed by atoms with Crippen molar-refractivity contribution in [2.24, 2.45) is 0 Å². The van der Waals surface area contributed by atoms with E-state index in [-0.39, 0.29) is 5.91 Å². The Hall–Kier alpha value is -2.13. The predicted molar refractivity (Wildman–Crippen MR) is 97.2 cm³/mol. The highest BCUT2D eigenvalue weighted by atomic mass is 32.2. The number of hydrogen-bond donors (Lipinski definition) is 3. The average molecular weight is 371 g/mol. The van der Waals surface area contributed by atoms with Crippen LogP contribution in [-0.2, 0) is 19.6 Å². The van der Waals surface area contributed by atoms with Crippen LogP contribution in [0.4, 0.5) is 11.4 Å². The largest absolute Gasteiger partial charge is 0.495 e. The van der Waals surface area contributed by atoms with Crippen molar-refractivity contribution in [3.63, 3.8) is 0 Å². The van der Waals surface area contributed by atoms with E-state index in [1.165, 1.54) is 14.0 Å². The zero-order valence-electron chi connectivity index (χ0n) is 14.9. The maximum absolute atomic E-state index is 12.1. The van der Waals surface area contributed by atoms with Gasteiger partial charge in [-0.15, -0.1) is 0 Å². The van der Waals surface area contributed by atoms with Gasteiger partial charge in [-0.3, -0.25) is 9.59 Å². The van der Waals surface area contributed by atoms with Crippen LogP contribution in [0.2, 0.25) is 0 Å².